The van der Waals surface area contributed by atoms with E-state index in [1.807, 2.05) is 36.4 Å². The summed E-state index contributed by atoms with van der Waals surface area (Å²) in [6, 6.07) is 15.0. The largest absolute Gasteiger partial charge is 0.495 e. The minimum absolute atomic E-state index is 0.372. The fourth-order valence-electron chi connectivity index (χ4n) is 2.10. The van der Waals surface area contributed by atoms with Gasteiger partial charge in [-0.25, -0.2) is 0 Å². The number of ether oxygens (including phenoxy) is 1. The molecular weight excluding hydrogens is 424 g/mol. The van der Waals surface area contributed by atoms with Gasteiger partial charge in [-0.15, -0.1) is 22.7 Å². The fraction of sp³-hybridized carbons (Fsp3) is 0.0588. The molecule has 3 rings (SSSR count). The lowest BCUT2D eigenvalue weighted by Crippen LogP contribution is -2.41. The van der Waals surface area contributed by atoms with E-state index in [2.05, 4.69) is 26.8 Å². The Hall–Kier alpha value is -2.16. The lowest BCUT2D eigenvalue weighted by molar-refractivity contribution is 0.0849. The van der Waals surface area contributed by atoms with E-state index < -0.39 is 5.91 Å². The van der Waals surface area contributed by atoms with Gasteiger partial charge in [-0.3, -0.25) is 20.4 Å². The van der Waals surface area contributed by atoms with Crippen LogP contribution in [0.1, 0.15) is 19.3 Å². The number of carbonyl (C=O) groups excluding carboxylic acids is 2. The number of halogens is 1. The van der Waals surface area contributed by atoms with Crippen molar-refractivity contribution >= 4 is 50.4 Å². The molecule has 0 aliphatic rings. The number of thiophene rings is 2. The highest BCUT2D eigenvalue weighted by Crippen LogP contribution is 2.36. The van der Waals surface area contributed by atoms with E-state index in [0.717, 1.165) is 14.2 Å². The van der Waals surface area contributed by atoms with Gasteiger partial charge in [0.25, 0.3) is 11.8 Å². The standard InChI is InChI=1S/C17H13BrN2O3S2/c1-23-11-9-13(10-5-3-2-4-6-10)25-15(11)17(22)20-19-16(21)12-7-8-14(18)24-12/h2-9H,1H3,(H,19,21)(H,20,22). The summed E-state index contributed by atoms with van der Waals surface area (Å²) in [6.45, 7) is 0. The zero-order valence-corrected chi connectivity index (χ0v) is 16.3. The van der Waals surface area contributed by atoms with Crippen molar-refractivity contribution < 1.29 is 14.3 Å². The summed E-state index contributed by atoms with van der Waals surface area (Å²) in [5.41, 5.74) is 5.84. The Kier molecular flexibility index (Phi) is 5.52. The van der Waals surface area contributed by atoms with Crippen molar-refractivity contribution in [2.45, 2.75) is 0 Å². The number of methoxy groups -OCH3 is 1. The predicted octanol–water partition coefficient (Wildman–Crippen LogP) is 4.32. The molecule has 0 fully saturated rings. The minimum atomic E-state index is -0.423. The first-order valence-corrected chi connectivity index (χ1v) is 9.60. The van der Waals surface area contributed by atoms with Crippen LogP contribution in [-0.2, 0) is 0 Å². The minimum Gasteiger partial charge on any atom is -0.495 e. The third kappa shape index (κ3) is 4.09. The fourth-order valence-corrected chi connectivity index (χ4v) is 4.40. The summed E-state index contributed by atoms with van der Waals surface area (Å²) in [7, 11) is 1.51. The van der Waals surface area contributed by atoms with Crippen LogP contribution < -0.4 is 15.6 Å². The van der Waals surface area contributed by atoms with Crippen LogP contribution in [0.2, 0.25) is 0 Å². The zero-order chi connectivity index (χ0) is 17.8. The van der Waals surface area contributed by atoms with Gasteiger partial charge in [-0.1, -0.05) is 30.3 Å². The molecule has 2 aromatic heterocycles. The number of hydrazine groups is 1. The smallest absolute Gasteiger partial charge is 0.283 e. The lowest BCUT2D eigenvalue weighted by atomic mass is 10.2. The zero-order valence-electron chi connectivity index (χ0n) is 13.0. The Morgan fingerprint density at radius 1 is 1.00 bits per heavy atom. The molecule has 0 spiro atoms. The maximum absolute atomic E-state index is 12.4. The van der Waals surface area contributed by atoms with Crippen LogP contribution in [0.5, 0.6) is 5.75 Å². The third-order valence-corrected chi connectivity index (χ3v) is 6.06. The number of amides is 2. The van der Waals surface area contributed by atoms with Crippen LogP contribution in [-0.4, -0.2) is 18.9 Å². The van der Waals surface area contributed by atoms with Crippen molar-refractivity contribution in [1.29, 1.82) is 0 Å². The molecule has 2 amide bonds. The van der Waals surface area contributed by atoms with Crippen molar-refractivity contribution in [3.63, 3.8) is 0 Å². The van der Waals surface area contributed by atoms with E-state index in [4.69, 9.17) is 4.74 Å². The highest BCUT2D eigenvalue weighted by atomic mass is 79.9. The number of benzene rings is 1. The first kappa shape index (κ1) is 17.7. The molecule has 0 aliphatic carbocycles. The summed E-state index contributed by atoms with van der Waals surface area (Å²) in [5.74, 6) is -0.328. The average Bonchev–Trinajstić information content (AvgIpc) is 3.26. The predicted molar refractivity (Wildman–Crippen MR) is 103 cm³/mol. The van der Waals surface area contributed by atoms with Gasteiger partial charge in [0.2, 0.25) is 0 Å². The molecule has 1 aromatic carbocycles. The SMILES string of the molecule is COc1cc(-c2ccccc2)sc1C(=O)NNC(=O)c1ccc(Br)s1. The second kappa shape index (κ2) is 7.81. The van der Waals surface area contributed by atoms with Crippen LogP contribution >= 0.6 is 38.6 Å². The van der Waals surface area contributed by atoms with Crippen molar-refractivity contribution in [1.82, 2.24) is 10.9 Å². The second-order valence-electron chi connectivity index (χ2n) is 4.89. The lowest BCUT2D eigenvalue weighted by Gasteiger charge is -2.06. The first-order valence-electron chi connectivity index (χ1n) is 7.17. The number of hydrogen-bond donors (Lipinski definition) is 2. The highest BCUT2D eigenvalue weighted by Gasteiger charge is 2.19. The Bertz CT molecular complexity index is 906. The van der Waals surface area contributed by atoms with Gasteiger partial charge in [0.1, 0.15) is 10.6 Å². The molecule has 0 radical (unpaired) electrons. The summed E-state index contributed by atoms with van der Waals surface area (Å²) in [4.78, 5) is 26.2. The molecule has 5 nitrogen and oxygen atoms in total. The topological polar surface area (TPSA) is 67.4 Å². The van der Waals surface area contributed by atoms with Crippen LogP contribution in [0.3, 0.4) is 0 Å². The van der Waals surface area contributed by atoms with Crippen LogP contribution in [0, 0.1) is 0 Å². The third-order valence-electron chi connectivity index (χ3n) is 3.27. The molecule has 2 heterocycles. The van der Waals surface area contributed by atoms with Crippen LogP contribution in [0.25, 0.3) is 10.4 Å². The normalized spacial score (nSPS) is 10.3. The van der Waals surface area contributed by atoms with E-state index in [-0.39, 0.29) is 5.91 Å². The summed E-state index contributed by atoms with van der Waals surface area (Å²) in [6.07, 6.45) is 0. The van der Waals surface area contributed by atoms with Gasteiger partial charge in [0, 0.05) is 4.88 Å². The molecule has 8 heteroatoms. The van der Waals surface area contributed by atoms with Crippen molar-refractivity contribution in [3.05, 3.63) is 62.1 Å². The maximum Gasteiger partial charge on any atom is 0.283 e. The number of rotatable bonds is 4. The van der Waals surface area contributed by atoms with Crippen LogP contribution in [0.15, 0.2) is 52.3 Å². The number of hydrogen-bond acceptors (Lipinski definition) is 5. The molecule has 25 heavy (non-hydrogen) atoms. The van der Waals surface area contributed by atoms with Crippen molar-refractivity contribution in [3.8, 4) is 16.2 Å². The quantitative estimate of drug-likeness (QED) is 0.598. The van der Waals surface area contributed by atoms with Gasteiger partial charge in [0.15, 0.2) is 0 Å². The van der Waals surface area contributed by atoms with E-state index in [1.165, 1.54) is 29.8 Å². The molecule has 0 bridgehead atoms. The molecular formula is C17H13BrN2O3S2. The Labute approximate surface area is 160 Å². The molecule has 0 aliphatic heterocycles. The highest BCUT2D eigenvalue weighted by molar-refractivity contribution is 9.11. The van der Waals surface area contributed by atoms with E-state index in [1.54, 1.807) is 12.1 Å². The molecule has 2 N–H and O–H groups in total. The molecule has 3 aromatic rings. The van der Waals surface area contributed by atoms with Gasteiger partial charge in [-0.2, -0.15) is 0 Å². The van der Waals surface area contributed by atoms with Gasteiger partial charge >= 0.3 is 0 Å². The Balaban J connectivity index is 1.73. The molecule has 0 saturated heterocycles. The maximum atomic E-state index is 12.4. The molecule has 0 atom stereocenters. The van der Waals surface area contributed by atoms with E-state index in [9.17, 15) is 9.59 Å². The number of nitrogens with one attached hydrogen (secondary N) is 2. The van der Waals surface area contributed by atoms with Crippen LogP contribution in [0.4, 0.5) is 0 Å². The first-order chi connectivity index (χ1) is 12.1. The summed E-state index contributed by atoms with van der Waals surface area (Å²) in [5, 5.41) is 0. The molecule has 0 saturated carbocycles. The molecule has 128 valence electrons. The summed E-state index contributed by atoms with van der Waals surface area (Å²) >= 11 is 5.88. The average molecular weight is 437 g/mol. The monoisotopic (exact) mass is 436 g/mol. The second-order valence-corrected chi connectivity index (χ2v) is 8.40. The Morgan fingerprint density at radius 3 is 2.36 bits per heavy atom. The Morgan fingerprint density at radius 2 is 1.72 bits per heavy atom. The van der Waals surface area contributed by atoms with Crippen molar-refractivity contribution in [2.24, 2.45) is 0 Å². The van der Waals surface area contributed by atoms with Gasteiger partial charge < -0.3 is 4.74 Å². The summed E-state index contributed by atoms with van der Waals surface area (Å²) < 4.78 is 6.14. The van der Waals surface area contributed by atoms with E-state index in [0.29, 0.717) is 15.5 Å². The van der Waals surface area contributed by atoms with Crippen molar-refractivity contribution in [2.75, 3.05) is 7.11 Å². The number of carbonyl (C=O) groups is 2. The van der Waals surface area contributed by atoms with Gasteiger partial charge in [0.05, 0.1) is 15.8 Å². The van der Waals surface area contributed by atoms with E-state index >= 15 is 0 Å². The van der Waals surface area contributed by atoms with Gasteiger partial charge in [-0.05, 0) is 39.7 Å². The molecule has 0 unspecified atom stereocenters.